The molecule has 2 amide bonds. The van der Waals surface area contributed by atoms with Gasteiger partial charge in [0.25, 0.3) is 11.8 Å². The fourth-order valence-electron chi connectivity index (χ4n) is 2.77. The van der Waals surface area contributed by atoms with E-state index in [0.29, 0.717) is 28.4 Å². The summed E-state index contributed by atoms with van der Waals surface area (Å²) in [7, 11) is 1.56. The van der Waals surface area contributed by atoms with Gasteiger partial charge in [-0.2, -0.15) is 5.26 Å². The van der Waals surface area contributed by atoms with E-state index in [1.165, 1.54) is 6.08 Å². The molecule has 3 aromatic carbocycles. The van der Waals surface area contributed by atoms with Crippen LogP contribution in [0.5, 0.6) is 11.5 Å². The highest BCUT2D eigenvalue weighted by Crippen LogP contribution is 2.26. The molecule has 0 unspecified atom stereocenters. The SMILES string of the molecule is COc1ccc(NC(=O)COc2ccc(/C=C(\C#N)C(=O)Nc3ccccc3)cc2Cl)cc1. The highest BCUT2D eigenvalue weighted by atomic mass is 35.5. The molecule has 2 N–H and O–H groups in total. The van der Waals surface area contributed by atoms with Gasteiger partial charge in [-0.1, -0.05) is 35.9 Å². The first-order valence-electron chi connectivity index (χ1n) is 9.83. The van der Waals surface area contributed by atoms with Gasteiger partial charge in [0.1, 0.15) is 23.1 Å². The molecule has 0 aliphatic rings. The lowest BCUT2D eigenvalue weighted by atomic mass is 10.1. The van der Waals surface area contributed by atoms with E-state index in [1.807, 2.05) is 12.1 Å². The molecule has 0 aromatic heterocycles. The van der Waals surface area contributed by atoms with Crippen molar-refractivity contribution in [3.8, 4) is 17.6 Å². The molecule has 0 saturated heterocycles. The number of benzene rings is 3. The summed E-state index contributed by atoms with van der Waals surface area (Å²) >= 11 is 6.26. The number of nitriles is 1. The second-order valence-corrected chi connectivity index (χ2v) is 7.15. The van der Waals surface area contributed by atoms with Crippen molar-refractivity contribution in [2.75, 3.05) is 24.4 Å². The predicted octanol–water partition coefficient (Wildman–Crippen LogP) is 4.91. The van der Waals surface area contributed by atoms with Gasteiger partial charge in [0, 0.05) is 11.4 Å². The number of rotatable bonds is 8. The van der Waals surface area contributed by atoms with Crippen LogP contribution in [0.25, 0.3) is 6.08 Å². The molecule has 0 saturated carbocycles. The molecule has 0 fully saturated rings. The van der Waals surface area contributed by atoms with Crippen LogP contribution in [0.3, 0.4) is 0 Å². The van der Waals surface area contributed by atoms with Gasteiger partial charge in [-0.15, -0.1) is 0 Å². The molecule has 7 nitrogen and oxygen atoms in total. The van der Waals surface area contributed by atoms with Crippen LogP contribution in [0.2, 0.25) is 5.02 Å². The number of nitrogens with one attached hydrogen (secondary N) is 2. The number of carbonyl (C=O) groups is 2. The lowest BCUT2D eigenvalue weighted by Crippen LogP contribution is -2.20. The number of para-hydroxylation sites is 1. The molecule has 0 spiro atoms. The smallest absolute Gasteiger partial charge is 0.266 e. The lowest BCUT2D eigenvalue weighted by Gasteiger charge is -2.10. The number of halogens is 1. The quantitative estimate of drug-likeness (QED) is 0.366. The summed E-state index contributed by atoms with van der Waals surface area (Å²) in [4.78, 5) is 24.5. The normalized spacial score (nSPS) is 10.6. The van der Waals surface area contributed by atoms with E-state index < -0.39 is 5.91 Å². The third-order valence-corrected chi connectivity index (χ3v) is 4.69. The van der Waals surface area contributed by atoms with Crippen molar-refractivity contribution in [2.45, 2.75) is 0 Å². The van der Waals surface area contributed by atoms with Crippen LogP contribution in [0.1, 0.15) is 5.56 Å². The number of amides is 2. The maximum atomic E-state index is 12.4. The Labute approximate surface area is 196 Å². The van der Waals surface area contributed by atoms with Crippen molar-refractivity contribution in [1.29, 1.82) is 5.26 Å². The number of ether oxygens (including phenoxy) is 2. The Morgan fingerprint density at radius 2 is 1.70 bits per heavy atom. The largest absolute Gasteiger partial charge is 0.497 e. The Bertz CT molecular complexity index is 1200. The number of carbonyl (C=O) groups excluding carboxylic acids is 2. The fourth-order valence-corrected chi connectivity index (χ4v) is 3.02. The summed E-state index contributed by atoms with van der Waals surface area (Å²) in [6, 6.07) is 22.4. The van der Waals surface area contributed by atoms with E-state index in [2.05, 4.69) is 10.6 Å². The van der Waals surface area contributed by atoms with Crippen LogP contribution in [0.15, 0.2) is 78.4 Å². The highest BCUT2D eigenvalue weighted by molar-refractivity contribution is 6.32. The molecule has 0 aliphatic carbocycles. The van der Waals surface area contributed by atoms with Gasteiger partial charge in [-0.05, 0) is 60.2 Å². The minimum atomic E-state index is -0.532. The number of nitrogens with zero attached hydrogens (tertiary/aromatic N) is 1. The lowest BCUT2D eigenvalue weighted by molar-refractivity contribution is -0.118. The van der Waals surface area contributed by atoms with E-state index >= 15 is 0 Å². The Balaban J connectivity index is 1.60. The van der Waals surface area contributed by atoms with Crippen LogP contribution >= 0.6 is 11.6 Å². The molecule has 8 heteroatoms. The van der Waals surface area contributed by atoms with Crippen molar-refractivity contribution in [1.82, 2.24) is 0 Å². The third kappa shape index (κ3) is 6.86. The van der Waals surface area contributed by atoms with Crippen LogP contribution < -0.4 is 20.1 Å². The first-order valence-corrected chi connectivity index (χ1v) is 10.2. The highest BCUT2D eigenvalue weighted by Gasteiger charge is 2.11. The van der Waals surface area contributed by atoms with E-state index in [1.54, 1.807) is 73.8 Å². The first-order chi connectivity index (χ1) is 16.0. The fraction of sp³-hybridized carbons (Fsp3) is 0.0800. The Morgan fingerprint density at radius 1 is 1.00 bits per heavy atom. The monoisotopic (exact) mass is 461 g/mol. The van der Waals surface area contributed by atoms with E-state index in [0.717, 1.165) is 0 Å². The van der Waals surface area contributed by atoms with Crippen LogP contribution in [-0.2, 0) is 9.59 Å². The van der Waals surface area contributed by atoms with Crippen molar-refractivity contribution in [2.24, 2.45) is 0 Å². The number of methoxy groups -OCH3 is 1. The van der Waals surface area contributed by atoms with Gasteiger partial charge in [0.05, 0.1) is 12.1 Å². The Hall–Kier alpha value is -4.28. The van der Waals surface area contributed by atoms with E-state index in [4.69, 9.17) is 21.1 Å². The molecule has 3 aromatic rings. The maximum absolute atomic E-state index is 12.4. The van der Waals surface area contributed by atoms with Gasteiger partial charge in [0.2, 0.25) is 0 Å². The van der Waals surface area contributed by atoms with Crippen molar-refractivity contribution in [3.63, 3.8) is 0 Å². The minimum absolute atomic E-state index is 0.0811. The predicted molar refractivity (Wildman–Crippen MR) is 127 cm³/mol. The van der Waals surface area contributed by atoms with Crippen LogP contribution in [0, 0.1) is 11.3 Å². The summed E-state index contributed by atoms with van der Waals surface area (Å²) in [5.74, 6) is 0.0909. The molecule has 33 heavy (non-hydrogen) atoms. The summed E-state index contributed by atoms with van der Waals surface area (Å²) in [5.41, 5.74) is 1.64. The Morgan fingerprint density at radius 3 is 2.33 bits per heavy atom. The molecule has 0 aliphatic heterocycles. The minimum Gasteiger partial charge on any atom is -0.497 e. The number of hydrogen-bond acceptors (Lipinski definition) is 5. The zero-order valence-electron chi connectivity index (χ0n) is 17.7. The molecule has 0 radical (unpaired) electrons. The number of hydrogen-bond donors (Lipinski definition) is 2. The summed E-state index contributed by atoms with van der Waals surface area (Å²) in [6.45, 7) is -0.246. The van der Waals surface area contributed by atoms with Gasteiger partial charge in [-0.25, -0.2) is 0 Å². The zero-order valence-corrected chi connectivity index (χ0v) is 18.4. The van der Waals surface area contributed by atoms with Crippen LogP contribution in [-0.4, -0.2) is 25.5 Å². The Kier molecular flexibility index (Phi) is 8.06. The standard InChI is InChI=1S/C25H20ClN3O4/c1-32-21-10-8-20(9-11-21)28-24(30)16-33-23-12-7-17(14-22(23)26)13-18(15-27)25(31)29-19-5-3-2-4-6-19/h2-14H,16H2,1H3,(H,28,30)(H,29,31)/b18-13+. The van der Waals surface area contributed by atoms with Crippen molar-refractivity contribution < 1.29 is 19.1 Å². The molecule has 0 heterocycles. The second-order valence-electron chi connectivity index (χ2n) is 6.75. The molecular formula is C25H20ClN3O4. The first kappa shape index (κ1) is 23.4. The van der Waals surface area contributed by atoms with E-state index in [-0.39, 0.29) is 23.1 Å². The molecule has 3 rings (SSSR count). The molecular weight excluding hydrogens is 442 g/mol. The molecule has 166 valence electrons. The zero-order chi connectivity index (χ0) is 23.6. The average molecular weight is 462 g/mol. The van der Waals surface area contributed by atoms with Gasteiger partial charge in [-0.3, -0.25) is 9.59 Å². The number of anilines is 2. The van der Waals surface area contributed by atoms with Gasteiger partial charge < -0.3 is 20.1 Å². The third-order valence-electron chi connectivity index (χ3n) is 4.40. The average Bonchev–Trinajstić information content (AvgIpc) is 2.83. The van der Waals surface area contributed by atoms with E-state index in [9.17, 15) is 14.9 Å². The molecule has 0 atom stereocenters. The second kappa shape index (κ2) is 11.4. The van der Waals surface area contributed by atoms with Gasteiger partial charge >= 0.3 is 0 Å². The maximum Gasteiger partial charge on any atom is 0.266 e. The summed E-state index contributed by atoms with van der Waals surface area (Å²) in [5, 5.41) is 15.0. The summed E-state index contributed by atoms with van der Waals surface area (Å²) < 4.78 is 10.6. The van der Waals surface area contributed by atoms with Gasteiger partial charge in [0.15, 0.2) is 6.61 Å². The van der Waals surface area contributed by atoms with Crippen molar-refractivity contribution in [3.05, 3.63) is 89.0 Å². The van der Waals surface area contributed by atoms with Crippen molar-refractivity contribution >= 4 is 40.9 Å². The topological polar surface area (TPSA) is 100 Å². The molecule has 0 bridgehead atoms. The van der Waals surface area contributed by atoms with Crippen LogP contribution in [0.4, 0.5) is 11.4 Å². The summed E-state index contributed by atoms with van der Waals surface area (Å²) in [6.07, 6.45) is 1.42.